The van der Waals surface area contributed by atoms with Crippen LogP contribution in [0.5, 0.6) is 0 Å². The second-order valence-electron chi connectivity index (χ2n) is 1.61. The number of alkyl halides is 1. The lowest BCUT2D eigenvalue weighted by atomic mass is 10.4. The van der Waals surface area contributed by atoms with Crippen molar-refractivity contribution in [2.75, 3.05) is 7.05 Å². The molecular weight excluding hydrogens is 130 g/mol. The average Bonchev–Trinajstić information content (AvgIpc) is 1.85. The molecule has 0 N–H and O–H groups in total. The Kier molecular flexibility index (Phi) is 1.40. The lowest BCUT2D eigenvalue weighted by Crippen LogP contribution is -2.16. The lowest BCUT2D eigenvalue weighted by Gasteiger charge is -2.04. The highest BCUT2D eigenvalue weighted by atomic mass is 35.5. The van der Waals surface area contributed by atoms with Gasteiger partial charge in [0, 0.05) is 7.05 Å². The van der Waals surface area contributed by atoms with E-state index in [0.717, 1.165) is 5.06 Å². The Morgan fingerprint density at radius 3 is 2.75 bits per heavy atom. The van der Waals surface area contributed by atoms with Crippen LogP contribution < -0.4 is 0 Å². The summed E-state index contributed by atoms with van der Waals surface area (Å²) in [5.74, 6) is -0.0648. The zero-order valence-corrected chi connectivity index (χ0v) is 5.18. The summed E-state index contributed by atoms with van der Waals surface area (Å²) in [6, 6.07) is 0. The number of nitrogens with zero attached hydrogens (tertiary/aromatic N) is 1. The molecule has 0 aromatic carbocycles. The van der Waals surface area contributed by atoms with Crippen molar-refractivity contribution < 1.29 is 9.63 Å². The van der Waals surface area contributed by atoms with Crippen molar-refractivity contribution in [2.45, 2.75) is 12.0 Å². The molecule has 0 saturated carbocycles. The van der Waals surface area contributed by atoms with Crippen molar-refractivity contribution in [1.29, 1.82) is 0 Å². The van der Waals surface area contributed by atoms with Gasteiger partial charge in [-0.15, -0.1) is 0 Å². The van der Waals surface area contributed by atoms with E-state index >= 15 is 0 Å². The van der Waals surface area contributed by atoms with Crippen molar-refractivity contribution in [2.24, 2.45) is 0 Å². The monoisotopic (exact) mass is 135 g/mol. The van der Waals surface area contributed by atoms with Crippen LogP contribution in [0.2, 0.25) is 0 Å². The van der Waals surface area contributed by atoms with Crippen LogP contribution in [0.25, 0.3) is 0 Å². The van der Waals surface area contributed by atoms with E-state index in [2.05, 4.69) is 0 Å². The lowest BCUT2D eigenvalue weighted by molar-refractivity contribution is -0.157. The van der Waals surface area contributed by atoms with Gasteiger partial charge in [-0.1, -0.05) is 11.6 Å². The number of hydrogen-bond donors (Lipinski definition) is 0. The van der Waals surface area contributed by atoms with Gasteiger partial charge < -0.3 is 0 Å². The molecule has 3 nitrogen and oxygen atoms in total. The van der Waals surface area contributed by atoms with E-state index in [1.54, 1.807) is 7.05 Å². The number of hydrogen-bond acceptors (Lipinski definition) is 2. The van der Waals surface area contributed by atoms with Crippen molar-refractivity contribution >= 4 is 17.5 Å². The predicted molar refractivity (Wildman–Crippen MR) is 28.1 cm³/mol. The first-order valence-corrected chi connectivity index (χ1v) is 2.71. The topological polar surface area (TPSA) is 29.5 Å². The molecule has 1 amide bonds. The molecule has 0 spiro atoms. The number of rotatable bonds is 0. The zero-order chi connectivity index (χ0) is 6.15. The maximum Gasteiger partial charge on any atom is 0.249 e. The molecule has 1 fully saturated rings. The molecule has 4 heteroatoms. The summed E-state index contributed by atoms with van der Waals surface area (Å²) in [7, 11) is 1.55. The quantitative estimate of drug-likeness (QED) is 0.449. The van der Waals surface area contributed by atoms with Gasteiger partial charge in [-0.25, -0.2) is 5.06 Å². The Morgan fingerprint density at radius 2 is 2.62 bits per heavy atom. The number of amides is 1. The summed E-state index contributed by atoms with van der Waals surface area (Å²) in [5.41, 5.74) is -0.451. The first kappa shape index (κ1) is 5.85. The molecule has 1 aliphatic rings. The second-order valence-corrected chi connectivity index (χ2v) is 2.10. The van der Waals surface area contributed by atoms with Crippen LogP contribution in [0.3, 0.4) is 0 Å². The van der Waals surface area contributed by atoms with E-state index in [0.29, 0.717) is 0 Å². The van der Waals surface area contributed by atoms with E-state index < -0.39 is 5.56 Å². The zero-order valence-electron chi connectivity index (χ0n) is 4.43. The Balaban J connectivity index is 2.51. The van der Waals surface area contributed by atoms with Gasteiger partial charge in [-0.3, -0.25) is 9.63 Å². The molecule has 0 aromatic rings. The molecule has 1 saturated heterocycles. The van der Waals surface area contributed by atoms with Gasteiger partial charge in [-0.2, -0.15) is 0 Å². The molecule has 8 heavy (non-hydrogen) atoms. The van der Waals surface area contributed by atoms with Crippen LogP contribution in [-0.4, -0.2) is 23.6 Å². The van der Waals surface area contributed by atoms with E-state index in [-0.39, 0.29) is 12.3 Å². The maximum absolute atomic E-state index is 10.5. The highest BCUT2D eigenvalue weighted by molar-refractivity contribution is 6.21. The summed E-state index contributed by atoms with van der Waals surface area (Å²) in [4.78, 5) is 15.2. The molecule has 0 bridgehead atoms. The molecule has 46 valence electrons. The van der Waals surface area contributed by atoms with E-state index in [9.17, 15) is 4.79 Å². The SMILES string of the molecule is CN1OC(Cl)CC1=O. The third kappa shape index (κ3) is 0.928. The highest BCUT2D eigenvalue weighted by Gasteiger charge is 2.25. The van der Waals surface area contributed by atoms with Crippen LogP contribution in [0.1, 0.15) is 6.42 Å². The number of hydroxylamine groups is 2. The number of carbonyl (C=O) groups is 1. The number of halogens is 1. The summed E-state index contributed by atoms with van der Waals surface area (Å²) in [6.07, 6.45) is 0.290. The molecule has 1 rings (SSSR count). The molecule has 0 radical (unpaired) electrons. The van der Waals surface area contributed by atoms with Gasteiger partial charge in [0.25, 0.3) is 0 Å². The largest absolute Gasteiger partial charge is 0.272 e. The van der Waals surface area contributed by atoms with Crippen molar-refractivity contribution in [3.63, 3.8) is 0 Å². The van der Waals surface area contributed by atoms with Crippen LogP contribution in [0.15, 0.2) is 0 Å². The summed E-state index contributed by atoms with van der Waals surface area (Å²) < 4.78 is 0. The average molecular weight is 136 g/mol. The molecule has 0 aromatic heterocycles. The Bertz CT molecular complexity index is 117. The normalized spacial score (nSPS) is 29.5. The Hall–Kier alpha value is -0.280. The minimum atomic E-state index is -0.451. The van der Waals surface area contributed by atoms with Crippen LogP contribution >= 0.6 is 11.6 Å². The second kappa shape index (κ2) is 1.91. The fourth-order valence-electron chi connectivity index (χ4n) is 0.533. The molecule has 0 aliphatic carbocycles. The van der Waals surface area contributed by atoms with Gasteiger partial charge in [0.1, 0.15) is 0 Å². The van der Waals surface area contributed by atoms with Crippen molar-refractivity contribution in [1.82, 2.24) is 5.06 Å². The van der Waals surface area contributed by atoms with Crippen molar-refractivity contribution in [3.8, 4) is 0 Å². The first-order chi connectivity index (χ1) is 3.70. The van der Waals surface area contributed by atoms with E-state index in [4.69, 9.17) is 16.4 Å². The van der Waals surface area contributed by atoms with Crippen LogP contribution in [0, 0.1) is 0 Å². The molecular formula is C4H6ClNO2. The molecule has 1 unspecified atom stereocenters. The van der Waals surface area contributed by atoms with Gasteiger partial charge >= 0.3 is 0 Å². The first-order valence-electron chi connectivity index (χ1n) is 2.27. The van der Waals surface area contributed by atoms with Gasteiger partial charge in [0.2, 0.25) is 5.91 Å². The highest BCUT2D eigenvalue weighted by Crippen LogP contribution is 2.15. The molecule has 1 atom stereocenters. The van der Waals surface area contributed by atoms with Gasteiger partial charge in [0.15, 0.2) is 5.56 Å². The van der Waals surface area contributed by atoms with Crippen LogP contribution in [0.4, 0.5) is 0 Å². The fraction of sp³-hybridized carbons (Fsp3) is 0.750. The van der Waals surface area contributed by atoms with Crippen LogP contribution in [-0.2, 0) is 9.63 Å². The fourth-order valence-corrected chi connectivity index (χ4v) is 0.785. The summed E-state index contributed by atoms with van der Waals surface area (Å²) in [5, 5.41) is 1.15. The Labute approximate surface area is 52.1 Å². The summed E-state index contributed by atoms with van der Waals surface area (Å²) >= 11 is 5.42. The third-order valence-corrected chi connectivity index (χ3v) is 1.19. The van der Waals surface area contributed by atoms with Gasteiger partial charge in [0.05, 0.1) is 6.42 Å². The molecule has 1 heterocycles. The summed E-state index contributed by atoms with van der Waals surface area (Å²) in [6.45, 7) is 0. The smallest absolute Gasteiger partial charge is 0.249 e. The van der Waals surface area contributed by atoms with E-state index in [1.165, 1.54) is 0 Å². The minimum Gasteiger partial charge on any atom is -0.272 e. The number of carbonyl (C=O) groups excluding carboxylic acids is 1. The standard InChI is InChI=1S/C4H6ClNO2/c1-6-4(7)2-3(5)8-6/h3H,2H2,1H3. The Morgan fingerprint density at radius 1 is 2.00 bits per heavy atom. The third-order valence-electron chi connectivity index (χ3n) is 0.959. The van der Waals surface area contributed by atoms with E-state index in [1.807, 2.05) is 0 Å². The van der Waals surface area contributed by atoms with Crippen molar-refractivity contribution in [3.05, 3.63) is 0 Å². The maximum atomic E-state index is 10.5. The van der Waals surface area contributed by atoms with Gasteiger partial charge in [-0.05, 0) is 0 Å². The molecule has 1 aliphatic heterocycles. The predicted octanol–water partition coefficient (Wildman–Crippen LogP) is 0.345. The minimum absolute atomic E-state index is 0.0648.